The summed E-state index contributed by atoms with van der Waals surface area (Å²) in [5.74, 6) is 3.26. The maximum atomic E-state index is 11.4. The Morgan fingerprint density at radius 2 is 1.84 bits per heavy atom. The van der Waals surface area contributed by atoms with Crippen molar-refractivity contribution in [1.29, 1.82) is 0 Å². The highest BCUT2D eigenvalue weighted by atomic mass is 16.3. The van der Waals surface area contributed by atoms with Crippen LogP contribution in [0.3, 0.4) is 0 Å². The summed E-state index contributed by atoms with van der Waals surface area (Å²) in [6.07, 6.45) is 8.64. The van der Waals surface area contributed by atoms with Gasteiger partial charge in [0.2, 0.25) is 0 Å². The molecule has 1 nitrogen and oxygen atoms in total. The molecule has 2 saturated carbocycles. The highest BCUT2D eigenvalue weighted by Gasteiger charge is 2.68. The minimum atomic E-state index is -0.702. The van der Waals surface area contributed by atoms with Gasteiger partial charge in [0.15, 0.2) is 0 Å². The molecule has 0 saturated heterocycles. The predicted molar refractivity (Wildman–Crippen MR) is 77.5 cm³/mol. The average Bonchev–Trinajstić information content (AvgIpc) is 2.71. The molecule has 0 aliphatic heterocycles. The van der Waals surface area contributed by atoms with Gasteiger partial charge in [0.25, 0.3) is 0 Å². The van der Waals surface area contributed by atoms with E-state index in [-0.39, 0.29) is 10.8 Å². The van der Waals surface area contributed by atoms with E-state index in [0.717, 1.165) is 24.0 Å². The number of aliphatic hydroxyl groups is 1. The fourth-order valence-corrected chi connectivity index (χ4v) is 4.55. The second-order valence-electron chi connectivity index (χ2n) is 7.08. The Hall–Kier alpha value is -1.26. The smallest absolute Gasteiger partial charge is 0.0957 e. The zero-order valence-electron chi connectivity index (χ0n) is 12.0. The third kappa shape index (κ3) is 1.36. The normalized spacial score (nSPS) is 39.2. The van der Waals surface area contributed by atoms with Gasteiger partial charge in [-0.3, -0.25) is 0 Å². The van der Waals surface area contributed by atoms with Crippen molar-refractivity contribution < 1.29 is 5.11 Å². The van der Waals surface area contributed by atoms with Gasteiger partial charge in [0, 0.05) is 11.0 Å². The quantitative estimate of drug-likeness (QED) is 0.758. The summed E-state index contributed by atoms with van der Waals surface area (Å²) in [6.45, 7) is 6.89. The van der Waals surface area contributed by atoms with Crippen LogP contribution in [0.4, 0.5) is 0 Å². The molecule has 1 heteroatoms. The maximum Gasteiger partial charge on any atom is 0.0957 e. The van der Waals surface area contributed by atoms with Gasteiger partial charge in [0.05, 0.1) is 5.60 Å². The van der Waals surface area contributed by atoms with E-state index in [2.05, 4.69) is 26.7 Å². The Morgan fingerprint density at radius 3 is 2.26 bits per heavy atom. The van der Waals surface area contributed by atoms with Crippen LogP contribution in [0.5, 0.6) is 0 Å². The van der Waals surface area contributed by atoms with Crippen molar-refractivity contribution in [2.24, 2.45) is 16.7 Å². The van der Waals surface area contributed by atoms with Gasteiger partial charge in [-0.2, -0.15) is 0 Å². The van der Waals surface area contributed by atoms with E-state index >= 15 is 0 Å². The van der Waals surface area contributed by atoms with E-state index in [1.54, 1.807) is 0 Å². The topological polar surface area (TPSA) is 20.2 Å². The van der Waals surface area contributed by atoms with Crippen LogP contribution < -0.4 is 0 Å². The van der Waals surface area contributed by atoms with Gasteiger partial charge in [-0.25, -0.2) is 0 Å². The lowest BCUT2D eigenvalue weighted by molar-refractivity contribution is -0.0957. The van der Waals surface area contributed by atoms with Crippen LogP contribution in [0.25, 0.3) is 0 Å². The van der Waals surface area contributed by atoms with Crippen molar-refractivity contribution in [3.05, 3.63) is 35.4 Å². The third-order valence-electron chi connectivity index (χ3n) is 6.42. The van der Waals surface area contributed by atoms with Crippen LogP contribution >= 0.6 is 0 Å². The molecule has 3 rings (SSSR count). The SMILES string of the molecule is C#Cc1ccc([C@@]2(O)C[C@H]3CC[C@]2(C)C3(C)C)cc1. The fourth-order valence-electron chi connectivity index (χ4n) is 4.55. The summed E-state index contributed by atoms with van der Waals surface area (Å²) in [5, 5.41) is 11.4. The molecule has 1 N–H and O–H groups in total. The minimum absolute atomic E-state index is 0.0394. The van der Waals surface area contributed by atoms with Gasteiger partial charge in [-0.1, -0.05) is 38.8 Å². The second-order valence-corrected chi connectivity index (χ2v) is 7.08. The summed E-state index contributed by atoms with van der Waals surface area (Å²) < 4.78 is 0. The molecule has 0 heterocycles. The van der Waals surface area contributed by atoms with E-state index in [0.29, 0.717) is 5.92 Å². The molecule has 0 radical (unpaired) electrons. The number of benzene rings is 1. The first-order valence-electron chi connectivity index (χ1n) is 7.15. The second kappa shape index (κ2) is 3.64. The standard InChI is InChI=1S/C18H22O/c1-5-13-6-8-14(9-7-13)18(19)12-15-10-11-17(18,4)16(15,2)3/h1,6-9,15,19H,10-12H2,2-4H3/t15-,17-,18+/m1/s1. The Kier molecular flexibility index (Phi) is 2.45. The molecular weight excluding hydrogens is 232 g/mol. The van der Waals surface area contributed by atoms with E-state index in [1.165, 1.54) is 6.42 Å². The summed E-state index contributed by atoms with van der Waals surface area (Å²) in [4.78, 5) is 0. The van der Waals surface area contributed by atoms with Crippen molar-refractivity contribution in [3.8, 4) is 12.3 Å². The van der Waals surface area contributed by atoms with Crippen LogP contribution in [0.1, 0.15) is 51.2 Å². The molecule has 2 fully saturated rings. The molecule has 2 aliphatic carbocycles. The molecule has 2 bridgehead atoms. The molecule has 3 atom stereocenters. The third-order valence-corrected chi connectivity index (χ3v) is 6.42. The summed E-state index contributed by atoms with van der Waals surface area (Å²) >= 11 is 0. The first kappa shape index (κ1) is 12.8. The van der Waals surface area contributed by atoms with E-state index in [4.69, 9.17) is 6.42 Å². The van der Waals surface area contributed by atoms with Crippen LogP contribution in [-0.4, -0.2) is 5.11 Å². The summed E-state index contributed by atoms with van der Waals surface area (Å²) in [6, 6.07) is 7.90. The van der Waals surface area contributed by atoms with Gasteiger partial charge in [-0.15, -0.1) is 6.42 Å². The number of hydrogen-bond acceptors (Lipinski definition) is 1. The number of hydrogen-bond donors (Lipinski definition) is 1. The molecule has 0 spiro atoms. The largest absolute Gasteiger partial charge is 0.385 e. The number of rotatable bonds is 1. The molecule has 1 aromatic carbocycles. The molecular formula is C18H22O. The minimum Gasteiger partial charge on any atom is -0.385 e. The Labute approximate surface area is 116 Å². The molecule has 100 valence electrons. The average molecular weight is 254 g/mol. The monoisotopic (exact) mass is 254 g/mol. The van der Waals surface area contributed by atoms with Gasteiger partial charge >= 0.3 is 0 Å². The van der Waals surface area contributed by atoms with Crippen LogP contribution in [0, 0.1) is 29.1 Å². The van der Waals surface area contributed by atoms with Crippen molar-refractivity contribution in [3.63, 3.8) is 0 Å². The van der Waals surface area contributed by atoms with Crippen molar-refractivity contribution in [2.75, 3.05) is 0 Å². The van der Waals surface area contributed by atoms with E-state index < -0.39 is 5.60 Å². The van der Waals surface area contributed by atoms with Crippen molar-refractivity contribution in [1.82, 2.24) is 0 Å². The Morgan fingerprint density at radius 1 is 1.21 bits per heavy atom. The van der Waals surface area contributed by atoms with Crippen molar-refractivity contribution >= 4 is 0 Å². The van der Waals surface area contributed by atoms with E-state index in [1.807, 2.05) is 24.3 Å². The molecule has 0 unspecified atom stereocenters. The first-order chi connectivity index (χ1) is 8.85. The van der Waals surface area contributed by atoms with Gasteiger partial charge in [-0.05, 0) is 48.3 Å². The zero-order valence-corrected chi connectivity index (χ0v) is 12.0. The fraction of sp³-hybridized carbons (Fsp3) is 0.556. The summed E-state index contributed by atoms with van der Waals surface area (Å²) in [5.41, 5.74) is 1.37. The van der Waals surface area contributed by atoms with Crippen LogP contribution in [0.15, 0.2) is 24.3 Å². The van der Waals surface area contributed by atoms with Crippen LogP contribution in [0.2, 0.25) is 0 Å². The van der Waals surface area contributed by atoms with Crippen molar-refractivity contribution in [2.45, 2.75) is 45.6 Å². The lowest BCUT2D eigenvalue weighted by atomic mass is 9.62. The maximum absolute atomic E-state index is 11.4. The predicted octanol–water partition coefficient (Wildman–Crippen LogP) is 3.70. The first-order valence-corrected chi connectivity index (χ1v) is 7.15. The molecule has 0 amide bonds. The molecule has 19 heavy (non-hydrogen) atoms. The van der Waals surface area contributed by atoms with Gasteiger partial charge < -0.3 is 5.11 Å². The number of terminal acetylenes is 1. The zero-order chi connectivity index (χ0) is 13.9. The van der Waals surface area contributed by atoms with Gasteiger partial charge in [0.1, 0.15) is 0 Å². The lowest BCUT2D eigenvalue weighted by Gasteiger charge is -2.45. The Bertz CT molecular complexity index is 548. The molecule has 1 aromatic rings. The highest BCUT2D eigenvalue weighted by Crippen LogP contribution is 2.72. The lowest BCUT2D eigenvalue weighted by Crippen LogP contribution is -2.44. The highest BCUT2D eigenvalue weighted by molar-refractivity contribution is 5.39. The van der Waals surface area contributed by atoms with E-state index in [9.17, 15) is 5.11 Å². The van der Waals surface area contributed by atoms with Crippen LogP contribution in [-0.2, 0) is 5.60 Å². The molecule has 0 aromatic heterocycles. The molecule has 2 aliphatic rings. The Balaban J connectivity index is 2.07. The number of fused-ring (bicyclic) bond motifs is 2. The summed E-state index contributed by atoms with van der Waals surface area (Å²) in [7, 11) is 0.